The maximum Gasteiger partial charge on any atom is 0.0541 e. The zero-order chi connectivity index (χ0) is 20.1. The minimum absolute atomic E-state index is 0.778. The molecule has 0 aliphatic carbocycles. The highest BCUT2D eigenvalue weighted by Crippen LogP contribution is 2.38. The van der Waals surface area contributed by atoms with E-state index >= 15 is 0 Å². The number of rotatable bonds is 2. The van der Waals surface area contributed by atoms with Gasteiger partial charge in [0.2, 0.25) is 0 Å². The van der Waals surface area contributed by atoms with Gasteiger partial charge >= 0.3 is 0 Å². The van der Waals surface area contributed by atoms with Gasteiger partial charge in [0.1, 0.15) is 0 Å². The third-order valence-electron chi connectivity index (χ3n) is 5.85. The highest BCUT2D eigenvalue weighted by atomic mass is 35.5. The second-order valence-electron chi connectivity index (χ2n) is 7.57. The Morgan fingerprint density at radius 3 is 1.83 bits per heavy atom. The van der Waals surface area contributed by atoms with E-state index in [2.05, 4.69) is 108 Å². The van der Waals surface area contributed by atoms with Gasteiger partial charge in [-0.05, 0) is 41.3 Å². The van der Waals surface area contributed by atoms with Gasteiger partial charge in [0.05, 0.1) is 16.7 Å². The highest BCUT2D eigenvalue weighted by Gasteiger charge is 2.15. The first-order valence-corrected chi connectivity index (χ1v) is 10.5. The van der Waals surface area contributed by atoms with Gasteiger partial charge in [0.15, 0.2) is 0 Å². The highest BCUT2D eigenvalue weighted by molar-refractivity contribution is 6.36. The van der Waals surface area contributed by atoms with Crippen LogP contribution in [0.3, 0.4) is 0 Å². The van der Waals surface area contributed by atoms with Crippen molar-refractivity contribution in [3.05, 3.63) is 114 Å². The summed E-state index contributed by atoms with van der Waals surface area (Å²) in [4.78, 5) is 0. The molecule has 0 N–H and O–H groups in total. The first-order chi connectivity index (χ1) is 14.8. The van der Waals surface area contributed by atoms with Crippen molar-refractivity contribution in [1.29, 1.82) is 0 Å². The second-order valence-corrected chi connectivity index (χ2v) is 7.97. The zero-order valence-electron chi connectivity index (χ0n) is 16.2. The molecule has 30 heavy (non-hydrogen) atoms. The van der Waals surface area contributed by atoms with E-state index in [0.717, 1.165) is 32.6 Å². The molecule has 0 spiro atoms. The quantitative estimate of drug-likeness (QED) is 0.274. The predicted molar refractivity (Wildman–Crippen MR) is 129 cm³/mol. The average molecular weight is 404 g/mol. The van der Waals surface area contributed by atoms with Gasteiger partial charge in [-0.1, -0.05) is 90.5 Å². The molecule has 0 radical (unpaired) electrons. The Hall–Kier alpha value is -3.55. The van der Waals surface area contributed by atoms with Crippen molar-refractivity contribution in [1.82, 2.24) is 4.57 Å². The molecule has 1 nitrogen and oxygen atoms in total. The molecular weight excluding hydrogens is 386 g/mol. The first kappa shape index (κ1) is 17.3. The summed E-state index contributed by atoms with van der Waals surface area (Å²) in [6.45, 7) is 0. The minimum atomic E-state index is 0.778. The summed E-state index contributed by atoms with van der Waals surface area (Å²) in [5, 5.41) is 5.54. The van der Waals surface area contributed by atoms with Crippen LogP contribution in [0, 0.1) is 0 Å². The number of aromatic nitrogens is 1. The van der Waals surface area contributed by atoms with E-state index in [0.29, 0.717) is 0 Å². The van der Waals surface area contributed by atoms with E-state index < -0.39 is 0 Å². The fourth-order valence-electron chi connectivity index (χ4n) is 4.51. The lowest BCUT2D eigenvalue weighted by molar-refractivity contribution is 1.18. The third-order valence-corrected chi connectivity index (χ3v) is 6.16. The Balaban J connectivity index is 1.70. The predicted octanol–water partition coefficient (Wildman–Crippen LogP) is 8.26. The largest absolute Gasteiger partial charge is 0.309 e. The standard InChI is InChI=1S/C28H18ClN/c29-25-18-20(17-19-9-1-2-10-21(19)25)22-11-3-6-14-26(22)30-27-15-7-4-12-23(27)24-13-5-8-16-28(24)30/h1-18H. The lowest BCUT2D eigenvalue weighted by Crippen LogP contribution is -1.97. The molecule has 2 heteroatoms. The molecule has 0 saturated carbocycles. The minimum Gasteiger partial charge on any atom is -0.309 e. The number of para-hydroxylation sites is 3. The van der Waals surface area contributed by atoms with Crippen molar-refractivity contribution in [2.24, 2.45) is 0 Å². The molecule has 6 rings (SSSR count). The topological polar surface area (TPSA) is 4.93 Å². The summed E-state index contributed by atoms with van der Waals surface area (Å²) in [6, 6.07) is 38.4. The van der Waals surface area contributed by atoms with Crippen molar-refractivity contribution in [2.75, 3.05) is 0 Å². The summed E-state index contributed by atoms with van der Waals surface area (Å²) in [5.74, 6) is 0. The summed E-state index contributed by atoms with van der Waals surface area (Å²) >= 11 is 6.67. The van der Waals surface area contributed by atoms with Crippen LogP contribution in [0.1, 0.15) is 0 Å². The second kappa shape index (κ2) is 6.76. The van der Waals surface area contributed by atoms with Crippen LogP contribution < -0.4 is 0 Å². The Kier molecular flexibility index (Phi) is 3.90. The normalized spacial score (nSPS) is 11.5. The number of nitrogens with zero attached hydrogens (tertiary/aromatic N) is 1. The average Bonchev–Trinajstić information content (AvgIpc) is 3.13. The van der Waals surface area contributed by atoms with E-state index in [9.17, 15) is 0 Å². The molecule has 1 heterocycles. The molecule has 0 amide bonds. The van der Waals surface area contributed by atoms with Crippen LogP contribution in [0.25, 0.3) is 49.4 Å². The maximum absolute atomic E-state index is 6.67. The summed E-state index contributed by atoms with van der Waals surface area (Å²) in [6.07, 6.45) is 0. The number of fused-ring (bicyclic) bond motifs is 4. The monoisotopic (exact) mass is 403 g/mol. The third kappa shape index (κ3) is 2.56. The van der Waals surface area contributed by atoms with Crippen molar-refractivity contribution in [3.8, 4) is 16.8 Å². The van der Waals surface area contributed by atoms with Crippen LogP contribution in [-0.4, -0.2) is 4.57 Å². The number of hydrogen-bond donors (Lipinski definition) is 0. The van der Waals surface area contributed by atoms with E-state index in [-0.39, 0.29) is 0 Å². The molecule has 5 aromatic carbocycles. The Labute approximate surface area is 179 Å². The van der Waals surface area contributed by atoms with Gasteiger partial charge in [-0.3, -0.25) is 0 Å². The van der Waals surface area contributed by atoms with Gasteiger partial charge in [-0.25, -0.2) is 0 Å². The number of halogens is 1. The Morgan fingerprint density at radius 2 is 1.10 bits per heavy atom. The van der Waals surface area contributed by atoms with Crippen LogP contribution in [0.4, 0.5) is 0 Å². The van der Waals surface area contributed by atoms with Crippen LogP contribution in [-0.2, 0) is 0 Å². The molecular formula is C28H18ClN. The fraction of sp³-hybridized carbons (Fsp3) is 0. The van der Waals surface area contributed by atoms with Crippen molar-refractivity contribution in [3.63, 3.8) is 0 Å². The van der Waals surface area contributed by atoms with E-state index in [1.54, 1.807) is 0 Å². The fourth-order valence-corrected chi connectivity index (χ4v) is 4.80. The van der Waals surface area contributed by atoms with Gasteiger partial charge in [-0.2, -0.15) is 0 Å². The molecule has 142 valence electrons. The van der Waals surface area contributed by atoms with E-state index in [4.69, 9.17) is 11.6 Å². The first-order valence-electron chi connectivity index (χ1n) is 10.1. The summed E-state index contributed by atoms with van der Waals surface area (Å²) < 4.78 is 2.36. The van der Waals surface area contributed by atoms with E-state index in [1.165, 1.54) is 21.8 Å². The van der Waals surface area contributed by atoms with Crippen LogP contribution >= 0.6 is 11.6 Å². The zero-order valence-corrected chi connectivity index (χ0v) is 17.0. The van der Waals surface area contributed by atoms with Crippen LogP contribution in [0.15, 0.2) is 109 Å². The smallest absolute Gasteiger partial charge is 0.0541 e. The summed E-state index contributed by atoms with van der Waals surface area (Å²) in [7, 11) is 0. The molecule has 0 saturated heterocycles. The molecule has 0 aliphatic rings. The van der Waals surface area contributed by atoms with Gasteiger partial charge in [-0.15, -0.1) is 0 Å². The molecule has 0 unspecified atom stereocenters. The Morgan fingerprint density at radius 1 is 0.533 bits per heavy atom. The lowest BCUT2D eigenvalue weighted by Gasteiger charge is -2.15. The molecule has 0 fully saturated rings. The lowest BCUT2D eigenvalue weighted by atomic mass is 9.99. The molecule has 0 aliphatic heterocycles. The summed E-state index contributed by atoms with van der Waals surface area (Å²) in [5.41, 5.74) is 5.85. The van der Waals surface area contributed by atoms with Crippen LogP contribution in [0.5, 0.6) is 0 Å². The van der Waals surface area contributed by atoms with Crippen molar-refractivity contribution in [2.45, 2.75) is 0 Å². The van der Waals surface area contributed by atoms with Gasteiger partial charge < -0.3 is 4.57 Å². The number of benzene rings is 5. The van der Waals surface area contributed by atoms with Gasteiger partial charge in [0, 0.05) is 26.7 Å². The molecule has 0 bridgehead atoms. The maximum atomic E-state index is 6.67. The van der Waals surface area contributed by atoms with Crippen LogP contribution in [0.2, 0.25) is 5.02 Å². The Bertz CT molecular complexity index is 1500. The van der Waals surface area contributed by atoms with Gasteiger partial charge in [0.25, 0.3) is 0 Å². The van der Waals surface area contributed by atoms with Crippen molar-refractivity contribution < 1.29 is 0 Å². The molecule has 0 atom stereocenters. The molecule has 6 aromatic rings. The number of hydrogen-bond acceptors (Lipinski definition) is 0. The molecule has 1 aromatic heterocycles. The van der Waals surface area contributed by atoms with E-state index in [1.807, 2.05) is 6.07 Å². The van der Waals surface area contributed by atoms with Crippen molar-refractivity contribution >= 4 is 44.2 Å². The SMILES string of the molecule is Clc1cc(-c2ccccc2-n2c3ccccc3c3ccccc32)cc2ccccc12.